The molecule has 0 saturated heterocycles. The molecule has 1 aromatic carbocycles. The van der Waals surface area contributed by atoms with E-state index in [4.69, 9.17) is 4.74 Å². The predicted octanol–water partition coefficient (Wildman–Crippen LogP) is 4.49. The molecule has 0 saturated carbocycles. The van der Waals surface area contributed by atoms with Crippen molar-refractivity contribution in [2.24, 2.45) is 0 Å². The summed E-state index contributed by atoms with van der Waals surface area (Å²) in [6, 6.07) is 8.30. The molecule has 0 amide bonds. The number of hydrogen-bond acceptors (Lipinski definition) is 7. The van der Waals surface area contributed by atoms with E-state index in [0.29, 0.717) is 33.3 Å². The van der Waals surface area contributed by atoms with Crippen molar-refractivity contribution in [3.05, 3.63) is 82.1 Å². The minimum atomic E-state index is -0.703. The Morgan fingerprint density at radius 2 is 1.88 bits per heavy atom. The zero-order chi connectivity index (χ0) is 22.8. The van der Waals surface area contributed by atoms with Crippen LogP contribution in [-0.4, -0.2) is 37.9 Å². The summed E-state index contributed by atoms with van der Waals surface area (Å²) >= 11 is 1.21. The van der Waals surface area contributed by atoms with Crippen LogP contribution in [0.15, 0.2) is 48.1 Å². The van der Waals surface area contributed by atoms with Crippen LogP contribution in [0.25, 0.3) is 16.5 Å². The highest BCUT2D eigenvalue weighted by Crippen LogP contribution is 2.23. The van der Waals surface area contributed by atoms with Gasteiger partial charge in [-0.25, -0.2) is 24.1 Å². The lowest BCUT2D eigenvalue weighted by molar-refractivity contribution is 0.0469. The molecular weight excluding hydrogens is 431 g/mol. The molecule has 0 aliphatic carbocycles. The summed E-state index contributed by atoms with van der Waals surface area (Å²) in [5.74, 6) is -0.966. The number of carbonyl (C=O) groups is 2. The number of aromatic nitrogens is 4. The number of halogens is 1. The number of Topliss-reactive ketones (excluding diaryl/α,β-unsaturated/α-hetero) is 1. The molecule has 32 heavy (non-hydrogen) atoms. The van der Waals surface area contributed by atoms with Gasteiger partial charge in [0.25, 0.3) is 0 Å². The summed E-state index contributed by atoms with van der Waals surface area (Å²) in [7, 11) is 0. The topological polar surface area (TPSA) is 87.0 Å². The fourth-order valence-electron chi connectivity index (χ4n) is 3.33. The molecule has 0 bridgehead atoms. The van der Waals surface area contributed by atoms with E-state index in [0.717, 1.165) is 5.69 Å². The molecule has 162 valence electrons. The molecule has 0 fully saturated rings. The van der Waals surface area contributed by atoms with E-state index in [9.17, 15) is 14.0 Å². The van der Waals surface area contributed by atoms with Gasteiger partial charge in [0.1, 0.15) is 5.82 Å². The fraction of sp³-hybridized carbons (Fsp3) is 0.174. The SMILES string of the molecule is Cc1ccc(-n2c(C)cc(C(=O)COC(=O)c3csc(-c4ncccn4)n3)c2C)cc1F. The second-order valence-corrected chi connectivity index (χ2v) is 8.02. The summed E-state index contributed by atoms with van der Waals surface area (Å²) in [6.07, 6.45) is 3.17. The fourth-order valence-corrected chi connectivity index (χ4v) is 4.06. The molecule has 3 aromatic heterocycles. The number of ether oxygens (including phenoxy) is 1. The number of carbonyl (C=O) groups excluding carboxylic acids is 2. The van der Waals surface area contributed by atoms with Gasteiger partial charge in [-0.15, -0.1) is 11.3 Å². The number of ketones is 1. The van der Waals surface area contributed by atoms with Crippen LogP contribution in [0.1, 0.15) is 37.8 Å². The van der Waals surface area contributed by atoms with Gasteiger partial charge in [-0.3, -0.25) is 4.79 Å². The third kappa shape index (κ3) is 4.19. The Morgan fingerprint density at radius 3 is 2.59 bits per heavy atom. The van der Waals surface area contributed by atoms with Gasteiger partial charge in [0, 0.05) is 40.4 Å². The Hall–Kier alpha value is -3.72. The number of hydrogen-bond donors (Lipinski definition) is 0. The van der Waals surface area contributed by atoms with Gasteiger partial charge >= 0.3 is 5.97 Å². The molecular formula is C23H19FN4O3S. The third-order valence-electron chi connectivity index (χ3n) is 4.95. The maximum atomic E-state index is 14.0. The molecule has 0 N–H and O–H groups in total. The quantitative estimate of drug-likeness (QED) is 0.318. The van der Waals surface area contributed by atoms with Crippen molar-refractivity contribution >= 4 is 23.1 Å². The van der Waals surface area contributed by atoms with E-state index in [1.807, 2.05) is 6.92 Å². The molecule has 0 atom stereocenters. The predicted molar refractivity (Wildman–Crippen MR) is 118 cm³/mol. The van der Waals surface area contributed by atoms with Crippen LogP contribution >= 0.6 is 11.3 Å². The number of aryl methyl sites for hydroxylation is 2. The van der Waals surface area contributed by atoms with Gasteiger partial charge in [0.2, 0.25) is 5.78 Å². The molecule has 0 aliphatic heterocycles. The lowest BCUT2D eigenvalue weighted by atomic mass is 10.1. The highest BCUT2D eigenvalue weighted by Gasteiger charge is 2.20. The largest absolute Gasteiger partial charge is 0.453 e. The molecule has 4 rings (SSSR count). The van der Waals surface area contributed by atoms with Gasteiger partial charge in [-0.05, 0) is 50.6 Å². The third-order valence-corrected chi connectivity index (χ3v) is 5.79. The average Bonchev–Trinajstić information content (AvgIpc) is 3.39. The van der Waals surface area contributed by atoms with E-state index >= 15 is 0 Å². The minimum Gasteiger partial charge on any atom is -0.453 e. The summed E-state index contributed by atoms with van der Waals surface area (Å²) in [4.78, 5) is 37.5. The number of thiazole rings is 1. The molecule has 9 heteroatoms. The minimum absolute atomic E-state index is 0.0888. The highest BCUT2D eigenvalue weighted by atomic mass is 32.1. The Morgan fingerprint density at radius 1 is 1.12 bits per heavy atom. The molecule has 0 radical (unpaired) electrons. The van der Waals surface area contributed by atoms with Crippen molar-refractivity contribution in [3.8, 4) is 16.5 Å². The molecule has 7 nitrogen and oxygen atoms in total. The van der Waals surface area contributed by atoms with E-state index in [2.05, 4.69) is 15.0 Å². The van der Waals surface area contributed by atoms with E-state index in [1.54, 1.807) is 55.1 Å². The standard InChI is InChI=1S/C23H19FN4O3S/c1-13-5-6-16(10-18(13)24)28-14(2)9-17(15(28)3)20(29)11-31-23(30)19-12-32-22(27-19)21-25-7-4-8-26-21/h4-10,12H,11H2,1-3H3. The van der Waals surface area contributed by atoms with E-state index in [1.165, 1.54) is 22.8 Å². The van der Waals surface area contributed by atoms with Gasteiger partial charge < -0.3 is 9.30 Å². The monoisotopic (exact) mass is 450 g/mol. The molecule has 0 unspecified atom stereocenters. The van der Waals surface area contributed by atoms with Crippen LogP contribution in [-0.2, 0) is 4.74 Å². The summed E-state index contributed by atoms with van der Waals surface area (Å²) in [5, 5.41) is 2.02. The van der Waals surface area contributed by atoms with Crippen molar-refractivity contribution in [3.63, 3.8) is 0 Å². The Balaban J connectivity index is 1.47. The second-order valence-electron chi connectivity index (χ2n) is 7.16. The normalized spacial score (nSPS) is 10.9. The lowest BCUT2D eigenvalue weighted by Gasteiger charge is -2.11. The Labute approximate surface area is 187 Å². The summed E-state index contributed by atoms with van der Waals surface area (Å²) < 4.78 is 21.0. The van der Waals surface area contributed by atoms with Crippen LogP contribution in [0.3, 0.4) is 0 Å². The Kier molecular flexibility index (Phi) is 5.91. The lowest BCUT2D eigenvalue weighted by Crippen LogP contribution is -2.15. The molecule has 4 aromatic rings. The maximum Gasteiger partial charge on any atom is 0.358 e. The zero-order valence-electron chi connectivity index (χ0n) is 17.6. The first-order chi connectivity index (χ1) is 15.3. The maximum absolute atomic E-state index is 14.0. The second kappa shape index (κ2) is 8.80. The van der Waals surface area contributed by atoms with Gasteiger partial charge in [-0.2, -0.15) is 0 Å². The summed E-state index contributed by atoms with van der Waals surface area (Å²) in [5.41, 5.74) is 3.08. The first kappa shape index (κ1) is 21.5. The van der Waals surface area contributed by atoms with Crippen molar-refractivity contribution in [2.75, 3.05) is 6.61 Å². The van der Waals surface area contributed by atoms with Crippen molar-refractivity contribution in [1.29, 1.82) is 0 Å². The highest BCUT2D eigenvalue weighted by molar-refractivity contribution is 7.13. The van der Waals surface area contributed by atoms with Crippen LogP contribution in [0.4, 0.5) is 4.39 Å². The van der Waals surface area contributed by atoms with Crippen LogP contribution in [0.5, 0.6) is 0 Å². The first-order valence-electron chi connectivity index (χ1n) is 9.74. The smallest absolute Gasteiger partial charge is 0.358 e. The van der Waals surface area contributed by atoms with E-state index in [-0.39, 0.29) is 17.3 Å². The van der Waals surface area contributed by atoms with Gasteiger partial charge in [0.15, 0.2) is 23.1 Å². The van der Waals surface area contributed by atoms with E-state index < -0.39 is 12.6 Å². The number of esters is 1. The van der Waals surface area contributed by atoms with Gasteiger partial charge in [-0.1, -0.05) is 6.07 Å². The Bertz CT molecular complexity index is 1310. The molecule has 0 aliphatic rings. The first-order valence-corrected chi connectivity index (χ1v) is 10.6. The van der Waals surface area contributed by atoms with Crippen molar-refractivity contribution in [2.45, 2.75) is 20.8 Å². The van der Waals surface area contributed by atoms with Crippen molar-refractivity contribution < 1.29 is 18.7 Å². The van der Waals surface area contributed by atoms with Gasteiger partial charge in [0.05, 0.1) is 0 Å². The van der Waals surface area contributed by atoms with Crippen LogP contribution < -0.4 is 0 Å². The number of rotatable bonds is 6. The summed E-state index contributed by atoms with van der Waals surface area (Å²) in [6.45, 7) is 4.86. The zero-order valence-corrected chi connectivity index (χ0v) is 18.4. The molecule has 3 heterocycles. The molecule has 0 spiro atoms. The number of benzene rings is 1. The number of nitrogens with zero attached hydrogens (tertiary/aromatic N) is 4. The van der Waals surface area contributed by atoms with Crippen LogP contribution in [0.2, 0.25) is 0 Å². The average molecular weight is 450 g/mol. The van der Waals surface area contributed by atoms with Crippen LogP contribution in [0, 0.1) is 26.6 Å². The van der Waals surface area contributed by atoms with Crippen molar-refractivity contribution in [1.82, 2.24) is 19.5 Å².